The lowest BCUT2D eigenvalue weighted by Gasteiger charge is -1.92. The summed E-state index contributed by atoms with van der Waals surface area (Å²) in [6.07, 6.45) is 3.34. The van der Waals surface area contributed by atoms with E-state index in [1.54, 1.807) is 0 Å². The molecule has 0 fully saturated rings. The van der Waals surface area contributed by atoms with E-state index < -0.39 is 0 Å². The van der Waals surface area contributed by atoms with Gasteiger partial charge in [0.25, 0.3) is 0 Å². The Morgan fingerprint density at radius 2 is 2.54 bits per heavy atom. The van der Waals surface area contributed by atoms with Crippen molar-refractivity contribution in [2.75, 3.05) is 0 Å². The molecule has 1 aromatic heterocycles. The third-order valence-corrected chi connectivity index (χ3v) is 2.51. The first kappa shape index (κ1) is 10.2. The van der Waals surface area contributed by atoms with E-state index in [1.807, 2.05) is 5.38 Å². The van der Waals surface area contributed by atoms with Crippen LogP contribution >= 0.6 is 11.3 Å². The summed E-state index contributed by atoms with van der Waals surface area (Å²) in [5.74, 6) is 0. The number of aryl methyl sites for hydroxylation is 1. The van der Waals surface area contributed by atoms with E-state index in [9.17, 15) is 4.79 Å². The SMILES string of the molecule is CCCCc1csc(CO[C]=O)n1. The van der Waals surface area contributed by atoms with E-state index in [0.717, 1.165) is 23.5 Å². The van der Waals surface area contributed by atoms with E-state index in [0.29, 0.717) is 0 Å². The number of thiazole rings is 1. The number of hydrogen-bond acceptors (Lipinski definition) is 4. The second-order valence-corrected chi connectivity index (χ2v) is 3.65. The Bertz CT molecular complexity index is 260. The first-order valence-electron chi connectivity index (χ1n) is 4.29. The summed E-state index contributed by atoms with van der Waals surface area (Å²) in [5.41, 5.74) is 1.09. The normalized spacial score (nSPS) is 9.92. The number of carbonyl (C=O) groups excluding carboxylic acids is 1. The maximum absolute atomic E-state index is 9.79. The van der Waals surface area contributed by atoms with Crippen LogP contribution in [0.25, 0.3) is 0 Å². The van der Waals surface area contributed by atoms with Crippen molar-refractivity contribution in [2.24, 2.45) is 0 Å². The third kappa shape index (κ3) is 3.55. The number of ether oxygens (including phenoxy) is 1. The van der Waals surface area contributed by atoms with Gasteiger partial charge in [-0.25, -0.2) is 9.78 Å². The molecule has 0 aliphatic heterocycles. The summed E-state index contributed by atoms with van der Waals surface area (Å²) in [5, 5.41) is 2.86. The van der Waals surface area contributed by atoms with Crippen LogP contribution in [-0.2, 0) is 22.6 Å². The smallest absolute Gasteiger partial charge is 0.417 e. The molecule has 1 aromatic rings. The molecule has 0 aromatic carbocycles. The second-order valence-electron chi connectivity index (χ2n) is 2.71. The molecule has 0 aliphatic carbocycles. The van der Waals surface area contributed by atoms with E-state index in [-0.39, 0.29) is 6.61 Å². The summed E-state index contributed by atoms with van der Waals surface area (Å²) >= 11 is 1.52. The highest BCUT2D eigenvalue weighted by Crippen LogP contribution is 2.12. The molecule has 0 spiro atoms. The van der Waals surface area contributed by atoms with Crippen molar-refractivity contribution in [3.05, 3.63) is 16.1 Å². The number of nitrogens with zero attached hydrogens (tertiary/aromatic N) is 1. The topological polar surface area (TPSA) is 39.2 Å². The van der Waals surface area contributed by atoms with Crippen LogP contribution in [0, 0.1) is 0 Å². The minimum Gasteiger partial charge on any atom is -0.450 e. The zero-order valence-corrected chi connectivity index (χ0v) is 8.39. The van der Waals surface area contributed by atoms with Gasteiger partial charge < -0.3 is 4.74 Å². The van der Waals surface area contributed by atoms with Crippen LogP contribution in [-0.4, -0.2) is 11.5 Å². The molecule has 1 radical (unpaired) electrons. The van der Waals surface area contributed by atoms with Crippen molar-refractivity contribution in [1.29, 1.82) is 0 Å². The van der Waals surface area contributed by atoms with Gasteiger partial charge >= 0.3 is 6.47 Å². The number of aromatic nitrogens is 1. The lowest BCUT2D eigenvalue weighted by atomic mass is 10.2. The van der Waals surface area contributed by atoms with Gasteiger partial charge in [-0.3, -0.25) is 0 Å². The minimum absolute atomic E-state index is 0.250. The summed E-state index contributed by atoms with van der Waals surface area (Å²) in [6.45, 7) is 3.79. The summed E-state index contributed by atoms with van der Waals surface area (Å²) in [4.78, 5) is 14.1. The van der Waals surface area contributed by atoms with Gasteiger partial charge in [0.05, 0.1) is 5.69 Å². The van der Waals surface area contributed by atoms with Crippen LogP contribution in [0.5, 0.6) is 0 Å². The number of unbranched alkanes of at least 4 members (excludes halogenated alkanes) is 1. The molecule has 0 aliphatic rings. The van der Waals surface area contributed by atoms with E-state index in [1.165, 1.54) is 24.2 Å². The van der Waals surface area contributed by atoms with Crippen LogP contribution < -0.4 is 0 Å². The molecule has 0 atom stereocenters. The standard InChI is InChI=1S/C9H12NO2S/c1-2-3-4-8-6-13-9(10-8)5-12-7-11/h6H,2-5H2,1H3. The van der Waals surface area contributed by atoms with Gasteiger partial charge in [0.15, 0.2) is 0 Å². The molecule has 0 unspecified atom stereocenters. The fraction of sp³-hybridized carbons (Fsp3) is 0.556. The van der Waals surface area contributed by atoms with Gasteiger partial charge in [0, 0.05) is 5.38 Å². The fourth-order valence-electron chi connectivity index (χ4n) is 0.979. The van der Waals surface area contributed by atoms with Gasteiger partial charge in [0.1, 0.15) is 11.6 Å². The maximum Gasteiger partial charge on any atom is 0.417 e. The monoisotopic (exact) mass is 198 g/mol. The molecule has 0 bridgehead atoms. The van der Waals surface area contributed by atoms with Crippen molar-refractivity contribution < 1.29 is 9.53 Å². The molecular formula is C9H12NO2S. The second kappa shape index (κ2) is 5.70. The first-order chi connectivity index (χ1) is 6.36. The molecule has 71 valence electrons. The zero-order valence-electron chi connectivity index (χ0n) is 7.58. The Balaban J connectivity index is 2.38. The van der Waals surface area contributed by atoms with E-state index >= 15 is 0 Å². The lowest BCUT2D eigenvalue weighted by molar-refractivity contribution is 0.266. The third-order valence-electron chi connectivity index (χ3n) is 1.64. The van der Waals surface area contributed by atoms with Crippen molar-refractivity contribution >= 4 is 17.8 Å². The zero-order chi connectivity index (χ0) is 9.52. The first-order valence-corrected chi connectivity index (χ1v) is 5.17. The van der Waals surface area contributed by atoms with Gasteiger partial charge in [-0.1, -0.05) is 13.3 Å². The highest BCUT2D eigenvalue weighted by molar-refractivity contribution is 7.09. The van der Waals surface area contributed by atoms with Crippen LogP contribution in [0.3, 0.4) is 0 Å². The summed E-state index contributed by atoms with van der Waals surface area (Å²) < 4.78 is 4.48. The van der Waals surface area contributed by atoms with E-state index in [2.05, 4.69) is 16.6 Å². The van der Waals surface area contributed by atoms with Crippen molar-refractivity contribution in [3.63, 3.8) is 0 Å². The Morgan fingerprint density at radius 3 is 3.23 bits per heavy atom. The van der Waals surface area contributed by atoms with Gasteiger partial charge in [0.2, 0.25) is 0 Å². The number of rotatable bonds is 6. The van der Waals surface area contributed by atoms with Gasteiger partial charge in [-0.2, -0.15) is 0 Å². The predicted molar refractivity (Wildman–Crippen MR) is 51.2 cm³/mol. The summed E-state index contributed by atoms with van der Waals surface area (Å²) in [7, 11) is 0. The van der Waals surface area contributed by atoms with Crippen LogP contribution in [0.2, 0.25) is 0 Å². The Morgan fingerprint density at radius 1 is 1.69 bits per heavy atom. The van der Waals surface area contributed by atoms with Gasteiger partial charge in [-0.15, -0.1) is 11.3 Å². The van der Waals surface area contributed by atoms with Gasteiger partial charge in [-0.05, 0) is 12.8 Å². The van der Waals surface area contributed by atoms with E-state index in [4.69, 9.17) is 0 Å². The molecule has 0 saturated carbocycles. The minimum atomic E-state index is 0.250. The molecule has 0 saturated heterocycles. The molecule has 13 heavy (non-hydrogen) atoms. The Kier molecular flexibility index (Phi) is 4.46. The predicted octanol–water partition coefficient (Wildman–Crippen LogP) is 2.07. The molecule has 1 rings (SSSR count). The Labute approximate surface area is 81.8 Å². The maximum atomic E-state index is 9.79. The molecule has 3 nitrogen and oxygen atoms in total. The van der Waals surface area contributed by atoms with Crippen molar-refractivity contribution in [2.45, 2.75) is 32.8 Å². The fourth-order valence-corrected chi connectivity index (χ4v) is 1.72. The average Bonchev–Trinajstić information content (AvgIpc) is 2.59. The molecule has 4 heteroatoms. The summed E-state index contributed by atoms with van der Waals surface area (Å²) in [6, 6.07) is 0. The molecule has 0 amide bonds. The van der Waals surface area contributed by atoms with Crippen LogP contribution in [0.4, 0.5) is 0 Å². The van der Waals surface area contributed by atoms with Crippen molar-refractivity contribution in [3.8, 4) is 0 Å². The number of hydrogen-bond donors (Lipinski definition) is 0. The molecular weight excluding hydrogens is 186 g/mol. The molecule has 0 N–H and O–H groups in total. The van der Waals surface area contributed by atoms with Crippen LogP contribution in [0.15, 0.2) is 5.38 Å². The quantitative estimate of drug-likeness (QED) is 0.702. The van der Waals surface area contributed by atoms with Crippen LogP contribution in [0.1, 0.15) is 30.5 Å². The highest BCUT2D eigenvalue weighted by Gasteiger charge is 2.01. The average molecular weight is 198 g/mol. The largest absolute Gasteiger partial charge is 0.450 e. The lowest BCUT2D eigenvalue weighted by Crippen LogP contribution is -1.90. The Hall–Kier alpha value is -0.900. The molecule has 1 heterocycles. The van der Waals surface area contributed by atoms with Crippen molar-refractivity contribution in [1.82, 2.24) is 4.98 Å². The highest BCUT2D eigenvalue weighted by atomic mass is 32.1.